The zero-order chi connectivity index (χ0) is 14.3. The highest BCUT2D eigenvalue weighted by atomic mass is 127. The molecule has 3 aromatic rings. The molecule has 0 saturated carbocycles. The molecule has 0 amide bonds. The van der Waals surface area contributed by atoms with Crippen LogP contribution in [0.4, 0.5) is 5.69 Å². The van der Waals surface area contributed by atoms with Crippen LogP contribution in [0.25, 0.3) is 16.9 Å². The molecule has 100 valence electrons. The molecule has 2 aromatic heterocycles. The molecule has 0 spiro atoms. The third kappa shape index (κ3) is 1.88. The Bertz CT molecular complexity index is 870. The number of benzene rings is 1. The van der Waals surface area contributed by atoms with Gasteiger partial charge >= 0.3 is 11.2 Å². The smallest absolute Gasteiger partial charge is 0.288 e. The van der Waals surface area contributed by atoms with Gasteiger partial charge in [-0.3, -0.25) is 20.0 Å². The highest BCUT2D eigenvalue weighted by Crippen LogP contribution is 2.26. The molecule has 0 bridgehead atoms. The molecule has 0 unspecified atom stereocenters. The Balaban J connectivity index is 2.33. The molecule has 0 aliphatic carbocycles. The van der Waals surface area contributed by atoms with E-state index < -0.39 is 16.2 Å². The fourth-order valence-electron chi connectivity index (χ4n) is 1.90. The van der Waals surface area contributed by atoms with Crippen molar-refractivity contribution in [2.45, 2.75) is 0 Å². The molecule has 0 fully saturated rings. The number of H-pyrrole nitrogens is 1. The van der Waals surface area contributed by atoms with Gasteiger partial charge in [0, 0.05) is 5.56 Å². The van der Waals surface area contributed by atoms with Crippen LogP contribution in [0.2, 0.25) is 0 Å². The molecule has 0 radical (unpaired) electrons. The van der Waals surface area contributed by atoms with Gasteiger partial charge in [0.15, 0.2) is 5.65 Å². The Morgan fingerprint density at radius 3 is 2.65 bits per heavy atom. The zero-order valence-electron chi connectivity index (χ0n) is 9.91. The van der Waals surface area contributed by atoms with E-state index in [1.165, 1.54) is 0 Å². The summed E-state index contributed by atoms with van der Waals surface area (Å²) in [6.45, 7) is 0. The largest absolute Gasteiger partial charge is 0.354 e. The molecule has 3 rings (SSSR count). The van der Waals surface area contributed by atoms with E-state index in [0.29, 0.717) is 11.3 Å². The van der Waals surface area contributed by atoms with Gasteiger partial charge in [-0.1, -0.05) is 30.3 Å². The normalized spacial score (nSPS) is 10.8. The number of hydrogen-bond donors (Lipinski definition) is 1. The lowest BCUT2D eigenvalue weighted by atomic mass is 10.2. The molecular weight excluding hydrogens is 375 g/mol. The summed E-state index contributed by atoms with van der Waals surface area (Å²) in [6.07, 6.45) is 0.989. The predicted octanol–water partition coefficient (Wildman–Crippen LogP) is 2.20. The summed E-state index contributed by atoms with van der Waals surface area (Å²) >= 11 is 2.06. The maximum atomic E-state index is 12.0. The van der Waals surface area contributed by atoms with Crippen LogP contribution in [0.3, 0.4) is 0 Å². The van der Waals surface area contributed by atoms with Gasteiger partial charge in [-0.2, -0.15) is 4.52 Å². The lowest BCUT2D eigenvalue weighted by Gasteiger charge is -1.96. The summed E-state index contributed by atoms with van der Waals surface area (Å²) in [7, 11) is 0. The van der Waals surface area contributed by atoms with E-state index in [1.54, 1.807) is 0 Å². The van der Waals surface area contributed by atoms with Crippen molar-refractivity contribution < 1.29 is 4.92 Å². The van der Waals surface area contributed by atoms with E-state index in [0.717, 1.165) is 19.8 Å². The molecule has 0 atom stereocenters. The second-order valence-electron chi connectivity index (χ2n) is 4.03. The fourth-order valence-corrected chi connectivity index (χ4v) is 2.71. The van der Waals surface area contributed by atoms with Crippen LogP contribution in [-0.2, 0) is 0 Å². The number of hydrogen-bond acceptors (Lipinski definition) is 4. The van der Waals surface area contributed by atoms with Crippen LogP contribution in [0, 0.1) is 13.7 Å². The van der Waals surface area contributed by atoms with Gasteiger partial charge in [0.2, 0.25) is 0 Å². The minimum Gasteiger partial charge on any atom is -0.288 e. The number of halogens is 1. The van der Waals surface area contributed by atoms with Crippen molar-refractivity contribution in [2.24, 2.45) is 0 Å². The van der Waals surface area contributed by atoms with Gasteiger partial charge in [0.25, 0.3) is 0 Å². The van der Waals surface area contributed by atoms with Crippen molar-refractivity contribution in [3.63, 3.8) is 0 Å². The van der Waals surface area contributed by atoms with Crippen molar-refractivity contribution in [1.82, 2.24) is 14.6 Å². The summed E-state index contributed by atoms with van der Waals surface area (Å²) < 4.78 is 1.84. The first-order chi connectivity index (χ1) is 9.59. The maximum absolute atomic E-state index is 12.0. The predicted molar refractivity (Wildman–Crippen MR) is 80.6 cm³/mol. The fraction of sp³-hybridized carbons (Fsp3) is 0. The average molecular weight is 382 g/mol. The molecule has 7 nitrogen and oxygen atoms in total. The first kappa shape index (κ1) is 12.8. The molecule has 20 heavy (non-hydrogen) atoms. The van der Waals surface area contributed by atoms with E-state index in [-0.39, 0.29) is 0 Å². The number of nitrogens with zero attached hydrogens (tertiary/aromatic N) is 3. The number of rotatable bonds is 2. The summed E-state index contributed by atoms with van der Waals surface area (Å²) in [6, 6.07) is 9.39. The van der Waals surface area contributed by atoms with Gasteiger partial charge < -0.3 is 0 Å². The number of aromatic nitrogens is 3. The van der Waals surface area contributed by atoms with E-state index >= 15 is 0 Å². The maximum Gasteiger partial charge on any atom is 0.354 e. The van der Waals surface area contributed by atoms with Crippen molar-refractivity contribution in [2.75, 3.05) is 0 Å². The number of aromatic amines is 1. The van der Waals surface area contributed by atoms with Crippen LogP contribution >= 0.6 is 22.6 Å². The van der Waals surface area contributed by atoms with Crippen molar-refractivity contribution in [3.8, 4) is 11.3 Å². The molecule has 0 saturated heterocycles. The number of nitrogens with one attached hydrogen (secondary N) is 1. The van der Waals surface area contributed by atoms with Gasteiger partial charge in [-0.15, -0.1) is 0 Å². The molecule has 0 aliphatic heterocycles. The van der Waals surface area contributed by atoms with Crippen molar-refractivity contribution in [1.29, 1.82) is 0 Å². The lowest BCUT2D eigenvalue weighted by molar-refractivity contribution is -0.386. The zero-order valence-corrected chi connectivity index (χ0v) is 12.1. The minimum atomic E-state index is -0.738. The van der Waals surface area contributed by atoms with Gasteiger partial charge in [0.05, 0.1) is 14.2 Å². The Morgan fingerprint density at radius 1 is 1.30 bits per heavy atom. The monoisotopic (exact) mass is 382 g/mol. The number of nitro groups is 1. The quantitative estimate of drug-likeness (QED) is 0.418. The van der Waals surface area contributed by atoms with Crippen LogP contribution in [-0.4, -0.2) is 19.5 Å². The summed E-state index contributed by atoms with van der Waals surface area (Å²) in [4.78, 5) is 26.0. The van der Waals surface area contributed by atoms with E-state index in [4.69, 9.17) is 0 Å². The van der Waals surface area contributed by atoms with Crippen molar-refractivity contribution in [3.05, 3.63) is 60.6 Å². The highest BCUT2D eigenvalue weighted by molar-refractivity contribution is 14.1. The molecule has 1 aromatic carbocycles. The summed E-state index contributed by atoms with van der Waals surface area (Å²) in [5.41, 5.74) is 0.681. The Morgan fingerprint density at radius 2 is 2.00 bits per heavy atom. The average Bonchev–Trinajstić information content (AvgIpc) is 2.78. The van der Waals surface area contributed by atoms with Gasteiger partial charge in [-0.05, 0) is 22.6 Å². The number of fused-ring (bicyclic) bond motifs is 1. The van der Waals surface area contributed by atoms with Crippen LogP contribution in [0.5, 0.6) is 0 Å². The summed E-state index contributed by atoms with van der Waals surface area (Å²) in [5.74, 6) is 0. The second-order valence-corrected chi connectivity index (χ2v) is 5.11. The molecule has 2 heterocycles. The van der Waals surface area contributed by atoms with Gasteiger partial charge in [0.1, 0.15) is 6.20 Å². The van der Waals surface area contributed by atoms with Crippen LogP contribution in [0.15, 0.2) is 41.3 Å². The Labute approximate surface area is 125 Å². The van der Waals surface area contributed by atoms with Crippen molar-refractivity contribution >= 4 is 33.9 Å². The topological polar surface area (TPSA) is 93.3 Å². The standard InChI is InChI=1S/C12H7IN4O3/c13-9-10(7-4-2-1-3-5-7)15-16-11(9)14-6-8(12(16)18)17(19)20/h1-6,15H. The van der Waals surface area contributed by atoms with Crippen LogP contribution < -0.4 is 5.56 Å². The first-order valence-electron chi connectivity index (χ1n) is 5.58. The SMILES string of the molecule is O=c1c([N+](=O)[O-])cnc2c(I)c(-c3ccccc3)[nH]n12. The highest BCUT2D eigenvalue weighted by Gasteiger charge is 2.20. The molecule has 8 heteroatoms. The first-order valence-corrected chi connectivity index (χ1v) is 6.66. The molecular formula is C12H7IN4O3. The lowest BCUT2D eigenvalue weighted by Crippen LogP contribution is -2.18. The Kier molecular flexibility index (Phi) is 3.01. The van der Waals surface area contributed by atoms with Gasteiger partial charge in [-0.25, -0.2) is 4.98 Å². The summed E-state index contributed by atoms with van der Waals surface area (Å²) in [5, 5.41) is 13.6. The third-order valence-electron chi connectivity index (χ3n) is 2.84. The minimum absolute atomic E-state index is 0.375. The Hall–Kier alpha value is -2.23. The second kappa shape index (κ2) is 4.71. The van der Waals surface area contributed by atoms with E-state index in [1.807, 2.05) is 30.3 Å². The molecule has 1 N–H and O–H groups in total. The third-order valence-corrected chi connectivity index (χ3v) is 3.86. The molecule has 0 aliphatic rings. The van der Waals surface area contributed by atoms with E-state index in [2.05, 4.69) is 32.7 Å². The van der Waals surface area contributed by atoms with E-state index in [9.17, 15) is 14.9 Å². The van der Waals surface area contributed by atoms with Crippen LogP contribution in [0.1, 0.15) is 0 Å².